The van der Waals surface area contributed by atoms with Crippen LogP contribution in [0.4, 0.5) is 5.82 Å². The molecule has 24 heavy (non-hydrogen) atoms. The third-order valence-electron chi connectivity index (χ3n) is 4.13. The van der Waals surface area contributed by atoms with E-state index in [0.29, 0.717) is 0 Å². The van der Waals surface area contributed by atoms with Crippen LogP contribution in [-0.2, 0) is 6.42 Å². The molecule has 1 aliphatic rings. The summed E-state index contributed by atoms with van der Waals surface area (Å²) in [6, 6.07) is 15.1. The van der Waals surface area contributed by atoms with E-state index in [1.165, 1.54) is 9.13 Å². The summed E-state index contributed by atoms with van der Waals surface area (Å²) in [5.74, 6) is 0.0663. The smallest absolute Gasteiger partial charge is 0.335 e. The molecular weight excluding hydrogens is 417 g/mol. The number of nitrogens with zero attached hydrogens (tertiary/aromatic N) is 2. The number of benzene rings is 2. The number of rotatable bonds is 3. The Labute approximate surface area is 152 Å². The Morgan fingerprint density at radius 1 is 1.12 bits per heavy atom. The molecule has 0 amide bonds. The van der Waals surface area contributed by atoms with Crippen LogP contribution in [0.3, 0.4) is 0 Å². The van der Waals surface area contributed by atoms with E-state index in [4.69, 9.17) is 10.2 Å². The van der Waals surface area contributed by atoms with Crippen molar-refractivity contribution >= 4 is 34.4 Å². The second kappa shape index (κ2) is 5.94. The molecular formula is C18H14IN3O2. The lowest BCUT2D eigenvalue weighted by Gasteiger charge is -2.06. The number of aromatic nitrogens is 2. The third-order valence-corrected chi connectivity index (χ3v) is 4.85. The minimum Gasteiger partial charge on any atom is -0.478 e. The summed E-state index contributed by atoms with van der Waals surface area (Å²) in [6.45, 7) is 0.887. The molecule has 0 saturated heterocycles. The van der Waals surface area contributed by atoms with E-state index in [2.05, 4.69) is 52.2 Å². The molecule has 3 aromatic rings. The Hall–Kier alpha value is -2.35. The zero-order chi connectivity index (χ0) is 16.7. The van der Waals surface area contributed by atoms with Gasteiger partial charge in [-0.1, -0.05) is 12.1 Å². The Balaban J connectivity index is 1.81. The first-order chi connectivity index (χ1) is 11.6. The molecule has 120 valence electrons. The van der Waals surface area contributed by atoms with E-state index in [1.54, 1.807) is 24.3 Å². The van der Waals surface area contributed by atoms with Gasteiger partial charge in [0.2, 0.25) is 0 Å². The number of hydrogen-bond acceptors (Lipinski definition) is 3. The van der Waals surface area contributed by atoms with Gasteiger partial charge >= 0.3 is 5.97 Å². The molecule has 1 aliphatic heterocycles. The van der Waals surface area contributed by atoms with Gasteiger partial charge in [-0.3, -0.25) is 0 Å². The van der Waals surface area contributed by atoms with Crippen LogP contribution in [0.5, 0.6) is 0 Å². The monoisotopic (exact) mass is 431 g/mol. The van der Waals surface area contributed by atoms with Gasteiger partial charge in [-0.05, 0) is 65.4 Å². The van der Waals surface area contributed by atoms with Crippen molar-refractivity contribution in [2.24, 2.45) is 0 Å². The summed E-state index contributed by atoms with van der Waals surface area (Å²) >= 11 is 2.29. The van der Waals surface area contributed by atoms with Crippen molar-refractivity contribution in [2.45, 2.75) is 6.42 Å². The standard InChI is InChI=1S/C18H14IN3O2/c19-13-5-1-11(2-6-13)16-15-9-10-20-17(15)22(21-16)14-7-3-12(4-8-14)18(23)24/h1-8,20H,9-10H2,(H,23,24). The highest BCUT2D eigenvalue weighted by Crippen LogP contribution is 2.34. The zero-order valence-corrected chi connectivity index (χ0v) is 14.8. The zero-order valence-electron chi connectivity index (χ0n) is 12.7. The predicted molar refractivity (Wildman–Crippen MR) is 101 cm³/mol. The Kier molecular flexibility index (Phi) is 3.76. The van der Waals surface area contributed by atoms with Crippen LogP contribution >= 0.6 is 22.6 Å². The van der Waals surface area contributed by atoms with Crippen molar-refractivity contribution in [2.75, 3.05) is 11.9 Å². The van der Waals surface area contributed by atoms with Gasteiger partial charge in [0.05, 0.1) is 16.9 Å². The number of carbonyl (C=O) groups is 1. The maximum atomic E-state index is 11.0. The summed E-state index contributed by atoms with van der Waals surface area (Å²) in [5.41, 5.74) is 4.40. The highest BCUT2D eigenvalue weighted by Gasteiger charge is 2.23. The first-order valence-corrected chi connectivity index (χ1v) is 8.67. The van der Waals surface area contributed by atoms with E-state index < -0.39 is 5.97 Å². The van der Waals surface area contributed by atoms with Gasteiger partial charge in [-0.2, -0.15) is 5.10 Å². The Morgan fingerprint density at radius 3 is 2.50 bits per heavy atom. The number of nitrogens with one attached hydrogen (secondary N) is 1. The van der Waals surface area contributed by atoms with Crippen molar-refractivity contribution in [3.8, 4) is 16.9 Å². The van der Waals surface area contributed by atoms with E-state index >= 15 is 0 Å². The Bertz CT molecular complexity index is 915. The molecule has 0 fully saturated rings. The fourth-order valence-electron chi connectivity index (χ4n) is 2.95. The first-order valence-electron chi connectivity index (χ1n) is 7.59. The average molecular weight is 431 g/mol. The maximum Gasteiger partial charge on any atom is 0.335 e. The van der Waals surface area contributed by atoms with Gasteiger partial charge < -0.3 is 10.4 Å². The summed E-state index contributed by atoms with van der Waals surface area (Å²) in [7, 11) is 0. The fourth-order valence-corrected chi connectivity index (χ4v) is 3.31. The van der Waals surface area contributed by atoms with Gasteiger partial charge in [0.25, 0.3) is 0 Å². The molecule has 2 N–H and O–H groups in total. The molecule has 0 aliphatic carbocycles. The third kappa shape index (κ3) is 2.56. The number of anilines is 1. The lowest BCUT2D eigenvalue weighted by molar-refractivity contribution is 0.0697. The first kappa shape index (κ1) is 15.2. The lowest BCUT2D eigenvalue weighted by atomic mass is 10.1. The summed E-state index contributed by atoms with van der Waals surface area (Å²) in [4.78, 5) is 11.0. The van der Waals surface area contributed by atoms with E-state index in [1.807, 2.05) is 4.68 Å². The van der Waals surface area contributed by atoms with Crippen LogP contribution in [0.25, 0.3) is 16.9 Å². The van der Waals surface area contributed by atoms with Crippen molar-refractivity contribution in [3.63, 3.8) is 0 Å². The Morgan fingerprint density at radius 2 is 1.83 bits per heavy atom. The van der Waals surface area contributed by atoms with E-state index in [0.717, 1.165) is 35.7 Å². The molecule has 5 nitrogen and oxygen atoms in total. The number of fused-ring (bicyclic) bond motifs is 1. The van der Waals surface area contributed by atoms with Crippen LogP contribution in [0.2, 0.25) is 0 Å². The molecule has 0 saturated carbocycles. The molecule has 1 aromatic heterocycles. The van der Waals surface area contributed by atoms with Gasteiger partial charge in [-0.15, -0.1) is 0 Å². The quantitative estimate of drug-likeness (QED) is 0.620. The number of carboxylic acids is 1. The van der Waals surface area contributed by atoms with E-state index in [9.17, 15) is 4.79 Å². The van der Waals surface area contributed by atoms with E-state index in [-0.39, 0.29) is 5.56 Å². The molecule has 2 aromatic carbocycles. The molecule has 0 atom stereocenters. The van der Waals surface area contributed by atoms with Gasteiger partial charge in [0.1, 0.15) is 5.82 Å². The SMILES string of the molecule is O=C(O)c1ccc(-n2nc(-c3ccc(I)cc3)c3c2NCC3)cc1. The van der Waals surface area contributed by atoms with Crippen LogP contribution < -0.4 is 5.32 Å². The highest BCUT2D eigenvalue weighted by molar-refractivity contribution is 14.1. The number of aromatic carboxylic acids is 1. The summed E-state index contributed by atoms with van der Waals surface area (Å²) in [5, 5.41) is 17.2. The minimum atomic E-state index is -0.926. The summed E-state index contributed by atoms with van der Waals surface area (Å²) < 4.78 is 3.05. The number of carboxylic acid groups (broad SMARTS) is 1. The number of halogens is 1. The average Bonchev–Trinajstić information content (AvgIpc) is 3.18. The molecule has 2 heterocycles. The molecule has 0 unspecified atom stereocenters. The van der Waals surface area contributed by atoms with Crippen LogP contribution in [0, 0.1) is 3.57 Å². The summed E-state index contributed by atoms with van der Waals surface area (Å²) in [6.07, 6.45) is 0.934. The highest BCUT2D eigenvalue weighted by atomic mass is 127. The van der Waals surface area contributed by atoms with Gasteiger partial charge in [0, 0.05) is 21.2 Å². The van der Waals surface area contributed by atoms with Crippen molar-refractivity contribution in [1.29, 1.82) is 0 Å². The second-order valence-electron chi connectivity index (χ2n) is 5.62. The normalized spacial score (nSPS) is 12.7. The van der Waals surface area contributed by atoms with Crippen molar-refractivity contribution < 1.29 is 9.90 Å². The predicted octanol–water partition coefficient (Wildman–Crippen LogP) is 3.81. The number of hydrogen-bond donors (Lipinski definition) is 2. The minimum absolute atomic E-state index is 0.272. The maximum absolute atomic E-state index is 11.0. The van der Waals surface area contributed by atoms with Crippen LogP contribution in [-0.4, -0.2) is 27.4 Å². The largest absolute Gasteiger partial charge is 0.478 e. The van der Waals surface area contributed by atoms with Crippen LogP contribution in [0.15, 0.2) is 48.5 Å². The molecule has 0 spiro atoms. The van der Waals surface area contributed by atoms with Crippen LogP contribution in [0.1, 0.15) is 15.9 Å². The topological polar surface area (TPSA) is 67.1 Å². The van der Waals surface area contributed by atoms with Crippen molar-refractivity contribution in [1.82, 2.24) is 9.78 Å². The molecule has 4 rings (SSSR count). The second-order valence-corrected chi connectivity index (χ2v) is 6.87. The lowest BCUT2D eigenvalue weighted by Crippen LogP contribution is -2.05. The van der Waals surface area contributed by atoms with Crippen molar-refractivity contribution in [3.05, 3.63) is 63.2 Å². The molecule has 0 bridgehead atoms. The molecule has 0 radical (unpaired) electrons. The fraction of sp³-hybridized carbons (Fsp3) is 0.111. The van der Waals surface area contributed by atoms with Gasteiger partial charge in [0.15, 0.2) is 0 Å². The molecule has 6 heteroatoms. The van der Waals surface area contributed by atoms with Gasteiger partial charge in [-0.25, -0.2) is 9.48 Å².